The number of benzene rings is 1. The molecular formula is C16H26BrN3. The Morgan fingerprint density at radius 3 is 2.65 bits per heavy atom. The lowest BCUT2D eigenvalue weighted by molar-refractivity contribution is 0.250. The van der Waals surface area contributed by atoms with Gasteiger partial charge in [0.15, 0.2) is 0 Å². The Bertz CT molecular complexity index is 435. The maximum absolute atomic E-state index is 6.34. The molecule has 0 amide bonds. The molecule has 0 aromatic heterocycles. The molecule has 1 heterocycles. The van der Waals surface area contributed by atoms with Gasteiger partial charge in [-0.05, 0) is 38.1 Å². The zero-order chi connectivity index (χ0) is 14.7. The summed E-state index contributed by atoms with van der Waals surface area (Å²) in [4.78, 5) is 4.89. The summed E-state index contributed by atoms with van der Waals surface area (Å²) in [6.07, 6.45) is 1.01. The molecule has 2 N–H and O–H groups in total. The molecule has 3 nitrogen and oxygen atoms in total. The Kier molecular flexibility index (Phi) is 5.61. The molecule has 112 valence electrons. The Hall–Kier alpha value is -0.420. The predicted molar refractivity (Wildman–Crippen MR) is 88.8 cm³/mol. The molecule has 0 saturated carbocycles. The number of hydrogen-bond acceptors (Lipinski definition) is 3. The molecule has 4 heteroatoms. The fraction of sp³-hybridized carbons (Fsp3) is 0.625. The van der Waals surface area contributed by atoms with Gasteiger partial charge in [-0.1, -0.05) is 41.1 Å². The quantitative estimate of drug-likeness (QED) is 0.895. The van der Waals surface area contributed by atoms with Crippen molar-refractivity contribution in [1.29, 1.82) is 0 Å². The van der Waals surface area contributed by atoms with E-state index in [4.69, 9.17) is 5.73 Å². The first-order chi connectivity index (χ1) is 9.49. The highest BCUT2D eigenvalue weighted by Gasteiger charge is 2.30. The van der Waals surface area contributed by atoms with Crippen molar-refractivity contribution in [3.8, 4) is 0 Å². The second-order valence-corrected chi connectivity index (χ2v) is 7.04. The topological polar surface area (TPSA) is 32.5 Å². The smallest absolute Gasteiger partial charge is 0.0318 e. The molecular weight excluding hydrogens is 314 g/mol. The third kappa shape index (κ3) is 3.82. The lowest BCUT2D eigenvalue weighted by atomic mass is 10.0. The standard InChI is InChI=1S/C16H26BrN3/c1-12-10-20(11-16(12)19(2)3)9-8-15(18)13-6-4-5-7-14(13)17/h4-7,12,15-16H,8-11,18H2,1-3H3. The first kappa shape index (κ1) is 16.0. The minimum Gasteiger partial charge on any atom is -0.324 e. The summed E-state index contributed by atoms with van der Waals surface area (Å²) in [5.41, 5.74) is 7.55. The fourth-order valence-electron chi connectivity index (χ4n) is 3.16. The van der Waals surface area contributed by atoms with Gasteiger partial charge in [-0.3, -0.25) is 0 Å². The van der Waals surface area contributed by atoms with Crippen molar-refractivity contribution in [2.75, 3.05) is 33.7 Å². The van der Waals surface area contributed by atoms with Crippen LogP contribution in [0.2, 0.25) is 0 Å². The second kappa shape index (κ2) is 7.03. The highest BCUT2D eigenvalue weighted by atomic mass is 79.9. The molecule has 1 saturated heterocycles. The molecule has 1 fully saturated rings. The lowest BCUT2D eigenvalue weighted by Crippen LogP contribution is -2.34. The average molecular weight is 340 g/mol. The Balaban J connectivity index is 1.86. The molecule has 20 heavy (non-hydrogen) atoms. The lowest BCUT2D eigenvalue weighted by Gasteiger charge is -2.23. The first-order valence-electron chi connectivity index (χ1n) is 7.38. The third-order valence-electron chi connectivity index (χ3n) is 4.37. The van der Waals surface area contributed by atoms with E-state index in [9.17, 15) is 0 Å². The third-order valence-corrected chi connectivity index (χ3v) is 5.09. The van der Waals surface area contributed by atoms with Crippen LogP contribution in [0.1, 0.15) is 24.9 Å². The van der Waals surface area contributed by atoms with Gasteiger partial charge in [0.2, 0.25) is 0 Å². The van der Waals surface area contributed by atoms with Crippen LogP contribution in [0.3, 0.4) is 0 Å². The molecule has 3 unspecified atom stereocenters. The minimum absolute atomic E-state index is 0.110. The van der Waals surface area contributed by atoms with Gasteiger partial charge >= 0.3 is 0 Å². The van der Waals surface area contributed by atoms with Gasteiger partial charge in [0.1, 0.15) is 0 Å². The summed E-state index contributed by atoms with van der Waals surface area (Å²) in [6, 6.07) is 9.05. The van der Waals surface area contributed by atoms with E-state index in [1.54, 1.807) is 0 Å². The monoisotopic (exact) mass is 339 g/mol. The van der Waals surface area contributed by atoms with E-state index in [-0.39, 0.29) is 6.04 Å². The molecule has 0 spiro atoms. The highest BCUT2D eigenvalue weighted by molar-refractivity contribution is 9.10. The molecule has 2 rings (SSSR count). The van der Waals surface area contributed by atoms with Crippen molar-refractivity contribution in [1.82, 2.24) is 9.80 Å². The van der Waals surface area contributed by atoms with Crippen LogP contribution in [0.4, 0.5) is 0 Å². The summed E-state index contributed by atoms with van der Waals surface area (Å²) >= 11 is 3.59. The number of nitrogens with two attached hydrogens (primary N) is 1. The minimum atomic E-state index is 0.110. The zero-order valence-electron chi connectivity index (χ0n) is 12.7. The van der Waals surface area contributed by atoms with Crippen molar-refractivity contribution >= 4 is 15.9 Å². The van der Waals surface area contributed by atoms with Crippen molar-refractivity contribution in [3.63, 3.8) is 0 Å². The van der Waals surface area contributed by atoms with E-state index in [2.05, 4.69) is 64.9 Å². The molecule has 1 aromatic rings. The Labute approximate surface area is 131 Å². The summed E-state index contributed by atoms with van der Waals surface area (Å²) in [5.74, 6) is 0.740. The molecule has 0 aliphatic carbocycles. The number of hydrogen-bond donors (Lipinski definition) is 1. The van der Waals surface area contributed by atoms with E-state index < -0.39 is 0 Å². The van der Waals surface area contributed by atoms with Gasteiger partial charge in [-0.25, -0.2) is 0 Å². The maximum atomic E-state index is 6.34. The molecule has 3 atom stereocenters. The van der Waals surface area contributed by atoms with Gasteiger partial charge in [-0.15, -0.1) is 0 Å². The summed E-state index contributed by atoms with van der Waals surface area (Å²) < 4.78 is 1.12. The van der Waals surface area contributed by atoms with Crippen molar-refractivity contribution in [2.24, 2.45) is 11.7 Å². The van der Waals surface area contributed by atoms with Crippen LogP contribution in [0.15, 0.2) is 28.7 Å². The zero-order valence-corrected chi connectivity index (χ0v) is 14.3. The van der Waals surface area contributed by atoms with Gasteiger partial charge < -0.3 is 15.5 Å². The molecule has 0 radical (unpaired) electrons. The molecule has 0 bridgehead atoms. The first-order valence-corrected chi connectivity index (χ1v) is 8.17. The fourth-order valence-corrected chi connectivity index (χ4v) is 3.73. The number of rotatable bonds is 5. The molecule has 1 aliphatic rings. The van der Waals surface area contributed by atoms with E-state index in [0.29, 0.717) is 6.04 Å². The van der Waals surface area contributed by atoms with Crippen molar-refractivity contribution in [3.05, 3.63) is 34.3 Å². The van der Waals surface area contributed by atoms with Gasteiger partial charge in [0.05, 0.1) is 0 Å². The molecule has 1 aromatic carbocycles. The largest absolute Gasteiger partial charge is 0.324 e. The number of likely N-dealkylation sites (N-methyl/N-ethyl adjacent to an activating group) is 1. The van der Waals surface area contributed by atoms with Crippen molar-refractivity contribution < 1.29 is 0 Å². The summed E-state index contributed by atoms with van der Waals surface area (Å²) in [5, 5.41) is 0. The maximum Gasteiger partial charge on any atom is 0.0318 e. The number of likely N-dealkylation sites (tertiary alicyclic amines) is 1. The second-order valence-electron chi connectivity index (χ2n) is 6.18. The normalized spacial score (nSPS) is 25.3. The number of nitrogens with zero attached hydrogens (tertiary/aromatic N) is 2. The SMILES string of the molecule is CC1CN(CCC(N)c2ccccc2Br)CC1N(C)C. The summed E-state index contributed by atoms with van der Waals surface area (Å²) in [6.45, 7) is 5.78. The van der Waals surface area contributed by atoms with Crippen molar-refractivity contribution in [2.45, 2.75) is 25.4 Å². The van der Waals surface area contributed by atoms with Crippen LogP contribution in [-0.4, -0.2) is 49.6 Å². The van der Waals surface area contributed by atoms with E-state index in [1.807, 2.05) is 6.07 Å². The van der Waals surface area contributed by atoms with E-state index >= 15 is 0 Å². The van der Waals surface area contributed by atoms with Crippen LogP contribution in [-0.2, 0) is 0 Å². The van der Waals surface area contributed by atoms with Crippen LogP contribution in [0, 0.1) is 5.92 Å². The van der Waals surface area contributed by atoms with Crippen LogP contribution >= 0.6 is 15.9 Å². The van der Waals surface area contributed by atoms with Gasteiger partial charge in [0, 0.05) is 36.2 Å². The van der Waals surface area contributed by atoms with E-state index in [0.717, 1.165) is 29.9 Å². The highest BCUT2D eigenvalue weighted by Crippen LogP contribution is 2.25. The predicted octanol–water partition coefficient (Wildman–Crippen LogP) is 2.72. The Morgan fingerprint density at radius 2 is 2.05 bits per heavy atom. The molecule has 1 aliphatic heterocycles. The van der Waals surface area contributed by atoms with Crippen LogP contribution in [0.25, 0.3) is 0 Å². The average Bonchev–Trinajstić information content (AvgIpc) is 2.78. The Morgan fingerprint density at radius 1 is 1.35 bits per heavy atom. The van der Waals surface area contributed by atoms with Gasteiger partial charge in [-0.2, -0.15) is 0 Å². The van der Waals surface area contributed by atoms with Crippen LogP contribution in [0.5, 0.6) is 0 Å². The van der Waals surface area contributed by atoms with E-state index in [1.165, 1.54) is 12.1 Å². The summed E-state index contributed by atoms with van der Waals surface area (Å²) in [7, 11) is 4.36. The number of halogens is 1. The van der Waals surface area contributed by atoms with Crippen LogP contribution < -0.4 is 5.73 Å². The van der Waals surface area contributed by atoms with Gasteiger partial charge in [0.25, 0.3) is 0 Å².